The summed E-state index contributed by atoms with van der Waals surface area (Å²) in [6.45, 7) is 3.04. The first kappa shape index (κ1) is 13.5. The molecule has 0 radical (unpaired) electrons. The maximum atomic E-state index is 12.3. The van der Waals surface area contributed by atoms with Crippen LogP contribution in [0.4, 0.5) is 5.69 Å². The van der Waals surface area contributed by atoms with E-state index in [4.69, 9.17) is 0 Å². The van der Waals surface area contributed by atoms with Gasteiger partial charge in [-0.2, -0.15) is 0 Å². The van der Waals surface area contributed by atoms with Gasteiger partial charge in [-0.1, -0.05) is 6.07 Å². The summed E-state index contributed by atoms with van der Waals surface area (Å²) in [5.41, 5.74) is 2.08. The molecule has 1 aromatic carbocycles. The molecule has 0 fully saturated rings. The zero-order valence-corrected chi connectivity index (χ0v) is 12.6. The molecule has 20 heavy (non-hydrogen) atoms. The van der Waals surface area contributed by atoms with Gasteiger partial charge in [0.25, 0.3) is 0 Å². The highest BCUT2D eigenvalue weighted by atomic mass is 32.2. The third-order valence-corrected chi connectivity index (χ3v) is 5.50. The average molecular weight is 309 g/mol. The van der Waals surface area contributed by atoms with Crippen molar-refractivity contribution in [1.82, 2.24) is 9.71 Å². The number of aryl methyl sites for hydroxylation is 1. The molecular formula is C13H15N3O2S2. The van der Waals surface area contributed by atoms with Crippen molar-refractivity contribution in [3.05, 3.63) is 39.8 Å². The topological polar surface area (TPSA) is 71.1 Å². The van der Waals surface area contributed by atoms with Crippen molar-refractivity contribution >= 4 is 27.0 Å². The Hall–Kier alpha value is -1.44. The zero-order valence-electron chi connectivity index (χ0n) is 11.0. The Balaban J connectivity index is 1.78. The van der Waals surface area contributed by atoms with Crippen molar-refractivity contribution < 1.29 is 8.42 Å². The first-order chi connectivity index (χ1) is 9.54. The maximum Gasteiger partial charge on any atom is 0.241 e. The van der Waals surface area contributed by atoms with Crippen LogP contribution < -0.4 is 10.0 Å². The number of nitrogens with zero attached hydrogens (tertiary/aromatic N) is 1. The van der Waals surface area contributed by atoms with E-state index < -0.39 is 10.0 Å². The summed E-state index contributed by atoms with van der Waals surface area (Å²) in [6, 6.07) is 5.22. The number of rotatable bonds is 4. The van der Waals surface area contributed by atoms with E-state index in [1.807, 2.05) is 13.0 Å². The van der Waals surface area contributed by atoms with Gasteiger partial charge in [0.15, 0.2) is 0 Å². The van der Waals surface area contributed by atoms with E-state index >= 15 is 0 Å². The SMILES string of the molecule is Cc1cnc(CNS(=O)(=O)c2ccc3c(c2)NCC3)s1. The van der Waals surface area contributed by atoms with Crippen molar-refractivity contribution in [2.45, 2.75) is 24.8 Å². The fourth-order valence-electron chi connectivity index (χ4n) is 2.16. The largest absolute Gasteiger partial charge is 0.384 e. The van der Waals surface area contributed by atoms with Crippen molar-refractivity contribution in [3.8, 4) is 0 Å². The lowest BCUT2D eigenvalue weighted by atomic mass is 10.2. The van der Waals surface area contributed by atoms with E-state index in [1.165, 1.54) is 16.9 Å². The first-order valence-corrected chi connectivity index (χ1v) is 8.62. The molecule has 0 unspecified atom stereocenters. The van der Waals surface area contributed by atoms with Crippen LogP contribution in [0.15, 0.2) is 29.3 Å². The second-order valence-corrected chi connectivity index (χ2v) is 7.77. The molecule has 1 aliphatic rings. The molecule has 5 nitrogen and oxygen atoms in total. The highest BCUT2D eigenvalue weighted by Crippen LogP contribution is 2.25. The highest BCUT2D eigenvalue weighted by Gasteiger charge is 2.18. The lowest BCUT2D eigenvalue weighted by Crippen LogP contribution is -2.23. The van der Waals surface area contributed by atoms with E-state index in [0.29, 0.717) is 4.90 Å². The summed E-state index contributed by atoms with van der Waals surface area (Å²) >= 11 is 1.49. The predicted octanol–water partition coefficient (Wildman–Crippen LogP) is 1.90. The summed E-state index contributed by atoms with van der Waals surface area (Å²) < 4.78 is 27.1. The van der Waals surface area contributed by atoms with Gasteiger partial charge in [-0.25, -0.2) is 18.1 Å². The number of hydrogen-bond donors (Lipinski definition) is 2. The smallest absolute Gasteiger partial charge is 0.241 e. The molecular weight excluding hydrogens is 294 g/mol. The Bertz CT molecular complexity index is 738. The fourth-order valence-corrected chi connectivity index (χ4v) is 3.99. The Morgan fingerprint density at radius 2 is 2.30 bits per heavy atom. The molecule has 1 aliphatic heterocycles. The van der Waals surface area contributed by atoms with Crippen LogP contribution in [0, 0.1) is 6.92 Å². The molecule has 0 spiro atoms. The van der Waals surface area contributed by atoms with Crippen LogP contribution in [-0.4, -0.2) is 19.9 Å². The summed E-state index contributed by atoms with van der Waals surface area (Å²) in [7, 11) is -3.49. The van der Waals surface area contributed by atoms with Gasteiger partial charge in [-0.15, -0.1) is 11.3 Å². The van der Waals surface area contributed by atoms with E-state index in [-0.39, 0.29) is 6.54 Å². The lowest BCUT2D eigenvalue weighted by Gasteiger charge is -2.07. The molecule has 3 rings (SSSR count). The number of thiazole rings is 1. The number of hydrogen-bond acceptors (Lipinski definition) is 5. The van der Waals surface area contributed by atoms with Crippen molar-refractivity contribution in [3.63, 3.8) is 0 Å². The highest BCUT2D eigenvalue weighted by molar-refractivity contribution is 7.89. The average Bonchev–Trinajstić information content (AvgIpc) is 3.04. The Labute approximate surface area is 122 Å². The van der Waals surface area contributed by atoms with Gasteiger partial charge in [0.05, 0.1) is 11.4 Å². The third-order valence-electron chi connectivity index (χ3n) is 3.18. The number of fused-ring (bicyclic) bond motifs is 1. The second kappa shape index (κ2) is 5.16. The molecule has 7 heteroatoms. The van der Waals surface area contributed by atoms with E-state index in [1.54, 1.807) is 18.3 Å². The zero-order chi connectivity index (χ0) is 14.2. The predicted molar refractivity (Wildman–Crippen MR) is 79.5 cm³/mol. The van der Waals surface area contributed by atoms with E-state index in [9.17, 15) is 8.42 Å². The summed E-state index contributed by atoms with van der Waals surface area (Å²) in [5.74, 6) is 0. The van der Waals surface area contributed by atoms with Gasteiger partial charge in [0.1, 0.15) is 5.01 Å². The standard InChI is InChI=1S/C13H15N3O2S2/c1-9-7-15-13(19-9)8-16-20(17,18)11-3-2-10-4-5-14-12(10)6-11/h2-3,6-7,14,16H,4-5,8H2,1H3. The van der Waals surface area contributed by atoms with Gasteiger partial charge < -0.3 is 5.32 Å². The van der Waals surface area contributed by atoms with Gasteiger partial charge in [-0.05, 0) is 31.0 Å². The normalized spacial score (nSPS) is 14.1. The molecule has 2 N–H and O–H groups in total. The van der Waals surface area contributed by atoms with Gasteiger partial charge in [-0.3, -0.25) is 0 Å². The van der Waals surface area contributed by atoms with Gasteiger partial charge >= 0.3 is 0 Å². The Morgan fingerprint density at radius 3 is 3.05 bits per heavy atom. The number of sulfonamides is 1. The molecule has 106 valence electrons. The van der Waals surface area contributed by atoms with E-state index in [0.717, 1.165) is 28.5 Å². The quantitative estimate of drug-likeness (QED) is 0.905. The lowest BCUT2D eigenvalue weighted by molar-refractivity contribution is 0.581. The van der Waals surface area contributed by atoms with Crippen LogP contribution in [0.1, 0.15) is 15.4 Å². The molecule has 2 heterocycles. The van der Waals surface area contributed by atoms with Crippen molar-refractivity contribution in [2.75, 3.05) is 11.9 Å². The van der Waals surface area contributed by atoms with Crippen LogP contribution in [0.5, 0.6) is 0 Å². The van der Waals surface area contributed by atoms with Crippen LogP contribution in [0.3, 0.4) is 0 Å². The minimum Gasteiger partial charge on any atom is -0.384 e. The minimum atomic E-state index is -3.49. The fraction of sp³-hybridized carbons (Fsp3) is 0.308. The van der Waals surface area contributed by atoms with Crippen LogP contribution >= 0.6 is 11.3 Å². The number of anilines is 1. The molecule has 0 bridgehead atoms. The molecule has 0 saturated carbocycles. The third kappa shape index (κ3) is 2.70. The monoisotopic (exact) mass is 309 g/mol. The summed E-state index contributed by atoms with van der Waals surface area (Å²) in [4.78, 5) is 5.51. The first-order valence-electron chi connectivity index (χ1n) is 6.32. The maximum absolute atomic E-state index is 12.3. The molecule has 0 amide bonds. The van der Waals surface area contributed by atoms with E-state index in [2.05, 4.69) is 15.0 Å². The number of aromatic nitrogens is 1. The minimum absolute atomic E-state index is 0.228. The van der Waals surface area contributed by atoms with Crippen molar-refractivity contribution in [2.24, 2.45) is 0 Å². The summed E-state index contributed by atoms with van der Waals surface area (Å²) in [6.07, 6.45) is 2.69. The van der Waals surface area contributed by atoms with Crippen molar-refractivity contribution in [1.29, 1.82) is 0 Å². The Kier molecular flexibility index (Phi) is 3.49. The van der Waals surface area contributed by atoms with Crippen LogP contribution in [0.2, 0.25) is 0 Å². The molecule has 1 aromatic heterocycles. The molecule has 0 atom stereocenters. The van der Waals surface area contributed by atoms with Crippen LogP contribution in [-0.2, 0) is 23.0 Å². The van der Waals surface area contributed by atoms with Gasteiger partial charge in [0.2, 0.25) is 10.0 Å². The second-order valence-electron chi connectivity index (χ2n) is 4.68. The molecule has 0 aliphatic carbocycles. The number of benzene rings is 1. The Morgan fingerprint density at radius 1 is 1.45 bits per heavy atom. The molecule has 2 aromatic rings. The number of nitrogens with one attached hydrogen (secondary N) is 2. The molecule has 0 saturated heterocycles. The summed E-state index contributed by atoms with van der Waals surface area (Å²) in [5, 5.41) is 3.96. The van der Waals surface area contributed by atoms with Crippen LogP contribution in [0.25, 0.3) is 0 Å². The van der Waals surface area contributed by atoms with Gasteiger partial charge in [0, 0.05) is 23.3 Å².